The average Bonchev–Trinajstić information content (AvgIpc) is 2.61. The average molecular weight is 365 g/mol. The fourth-order valence-corrected chi connectivity index (χ4v) is 1.97. The predicted molar refractivity (Wildman–Crippen MR) is 92.2 cm³/mol. The highest BCUT2D eigenvalue weighted by molar-refractivity contribution is 5.79. The first-order valence-electron chi connectivity index (χ1n) is 7.26. The molecule has 2 rings (SSSR count). The van der Waals surface area contributed by atoms with Crippen LogP contribution in [-0.4, -0.2) is 18.2 Å². The minimum atomic E-state index is -4.66. The maximum Gasteiger partial charge on any atom is 0.416 e. The third-order valence-electron chi connectivity index (χ3n) is 3.27. The summed E-state index contributed by atoms with van der Waals surface area (Å²) in [6, 6.07) is 9.37. The van der Waals surface area contributed by atoms with Crippen LogP contribution in [0.4, 0.5) is 24.5 Å². The van der Waals surface area contributed by atoms with Crippen LogP contribution in [0.2, 0.25) is 0 Å². The maximum absolute atomic E-state index is 12.6. The number of rotatable bonds is 6. The van der Waals surface area contributed by atoms with Crippen molar-refractivity contribution < 1.29 is 22.8 Å². The first-order valence-corrected chi connectivity index (χ1v) is 7.26. The van der Waals surface area contributed by atoms with E-state index in [0.29, 0.717) is 11.8 Å². The number of nitro benzene ring substituents is 1. The van der Waals surface area contributed by atoms with E-state index < -0.39 is 22.4 Å². The number of halogens is 3. The van der Waals surface area contributed by atoms with Crippen LogP contribution in [0.15, 0.2) is 53.6 Å². The number of ether oxygens (including phenoxy) is 1. The Kier molecular flexibility index (Phi) is 5.94. The summed E-state index contributed by atoms with van der Waals surface area (Å²) in [6.07, 6.45) is -0.0319. The van der Waals surface area contributed by atoms with Crippen molar-refractivity contribution in [1.82, 2.24) is 0 Å². The number of benzene rings is 2. The number of methoxy groups -OCH3 is 1. The molecule has 0 aliphatic rings. The van der Waals surface area contributed by atoms with Crippen LogP contribution in [0.1, 0.15) is 11.1 Å². The minimum absolute atomic E-state index is 0.142. The molecule has 0 atom stereocenters. The molecule has 0 aromatic heterocycles. The van der Waals surface area contributed by atoms with Crippen LogP contribution in [0, 0.1) is 10.1 Å². The van der Waals surface area contributed by atoms with Gasteiger partial charge in [0, 0.05) is 12.3 Å². The van der Waals surface area contributed by atoms with Crippen LogP contribution in [0.5, 0.6) is 5.75 Å². The van der Waals surface area contributed by atoms with Gasteiger partial charge in [-0.25, -0.2) is 0 Å². The minimum Gasteiger partial charge on any atom is -0.497 e. The third kappa shape index (κ3) is 5.07. The summed E-state index contributed by atoms with van der Waals surface area (Å²) >= 11 is 0. The second-order valence-electron chi connectivity index (χ2n) is 5.01. The summed E-state index contributed by atoms with van der Waals surface area (Å²) < 4.78 is 42.9. The Hall–Kier alpha value is -3.36. The molecule has 0 heterocycles. The first-order chi connectivity index (χ1) is 12.3. The lowest BCUT2D eigenvalue weighted by molar-refractivity contribution is -0.384. The Morgan fingerprint density at radius 2 is 1.88 bits per heavy atom. The summed E-state index contributed by atoms with van der Waals surface area (Å²) in [5, 5.41) is 14.7. The molecule has 0 bridgehead atoms. The maximum atomic E-state index is 12.6. The molecule has 0 amide bonds. The number of alkyl halides is 3. The lowest BCUT2D eigenvalue weighted by Gasteiger charge is -2.08. The second kappa shape index (κ2) is 8.15. The van der Waals surface area contributed by atoms with Gasteiger partial charge in [0.25, 0.3) is 5.69 Å². The molecule has 9 heteroatoms. The monoisotopic (exact) mass is 365 g/mol. The van der Waals surface area contributed by atoms with Gasteiger partial charge in [0.15, 0.2) is 0 Å². The van der Waals surface area contributed by atoms with E-state index in [1.54, 1.807) is 31.4 Å². The molecule has 0 unspecified atom stereocenters. The second-order valence-corrected chi connectivity index (χ2v) is 5.01. The number of nitrogens with one attached hydrogen (secondary N) is 1. The van der Waals surface area contributed by atoms with Crippen molar-refractivity contribution in [2.24, 2.45) is 5.10 Å². The Bertz CT molecular complexity index is 831. The molecule has 1 N–H and O–H groups in total. The van der Waals surface area contributed by atoms with Crippen LogP contribution in [0.3, 0.4) is 0 Å². The highest BCUT2D eigenvalue weighted by Gasteiger charge is 2.33. The largest absolute Gasteiger partial charge is 0.497 e. The molecule has 0 aliphatic carbocycles. The molecule has 0 radical (unpaired) electrons. The molecule has 0 fully saturated rings. The zero-order chi connectivity index (χ0) is 19.2. The van der Waals surface area contributed by atoms with E-state index in [9.17, 15) is 23.3 Å². The summed E-state index contributed by atoms with van der Waals surface area (Å²) in [7, 11) is 1.56. The van der Waals surface area contributed by atoms with Crippen molar-refractivity contribution in [3.8, 4) is 5.75 Å². The van der Waals surface area contributed by atoms with E-state index in [-0.39, 0.29) is 5.69 Å². The number of hydrazone groups is 1. The normalized spacial score (nSPS) is 11.8. The number of nitrogens with zero attached hydrogens (tertiary/aromatic N) is 2. The number of nitro groups is 1. The van der Waals surface area contributed by atoms with Crippen molar-refractivity contribution >= 4 is 23.7 Å². The molecule has 2 aromatic carbocycles. The highest BCUT2D eigenvalue weighted by Crippen LogP contribution is 2.34. The van der Waals surface area contributed by atoms with Gasteiger partial charge < -0.3 is 4.74 Å². The van der Waals surface area contributed by atoms with Gasteiger partial charge in [0.05, 0.1) is 17.6 Å². The van der Waals surface area contributed by atoms with E-state index in [0.717, 1.165) is 17.7 Å². The predicted octanol–water partition coefficient (Wildman–Crippen LogP) is 4.73. The molecule has 136 valence electrons. The summed E-state index contributed by atoms with van der Waals surface area (Å²) in [5.41, 5.74) is 1.29. The molecular weight excluding hydrogens is 351 g/mol. The van der Waals surface area contributed by atoms with Gasteiger partial charge in [-0.3, -0.25) is 15.5 Å². The van der Waals surface area contributed by atoms with Crippen molar-refractivity contribution in [3.05, 3.63) is 69.8 Å². The summed E-state index contributed by atoms with van der Waals surface area (Å²) in [5.74, 6) is 0.715. The zero-order valence-electron chi connectivity index (χ0n) is 13.5. The summed E-state index contributed by atoms with van der Waals surface area (Å²) in [4.78, 5) is 10.0. The van der Waals surface area contributed by atoms with Gasteiger partial charge in [0.1, 0.15) is 11.4 Å². The Balaban J connectivity index is 2.06. The van der Waals surface area contributed by atoms with Gasteiger partial charge in [-0.2, -0.15) is 18.3 Å². The number of allylic oxidation sites excluding steroid dienone is 1. The lowest BCUT2D eigenvalue weighted by atomic mass is 10.1. The van der Waals surface area contributed by atoms with Gasteiger partial charge in [-0.1, -0.05) is 18.2 Å². The number of hydrogen-bond acceptors (Lipinski definition) is 5. The molecule has 0 saturated carbocycles. The quantitative estimate of drug-likeness (QED) is 0.456. The van der Waals surface area contributed by atoms with Crippen LogP contribution >= 0.6 is 0 Å². The highest BCUT2D eigenvalue weighted by atomic mass is 19.4. The molecule has 0 spiro atoms. The molecule has 0 saturated heterocycles. The van der Waals surface area contributed by atoms with Gasteiger partial charge in [-0.05, 0) is 35.9 Å². The van der Waals surface area contributed by atoms with Crippen molar-refractivity contribution in [2.45, 2.75) is 6.18 Å². The van der Waals surface area contributed by atoms with E-state index in [1.807, 2.05) is 12.1 Å². The topological polar surface area (TPSA) is 76.8 Å². The zero-order valence-corrected chi connectivity index (χ0v) is 13.5. The number of anilines is 1. The van der Waals surface area contributed by atoms with E-state index in [1.165, 1.54) is 6.21 Å². The lowest BCUT2D eigenvalue weighted by Crippen LogP contribution is -2.06. The molecular formula is C17H14F3N3O3. The first kappa shape index (κ1) is 19.0. The van der Waals surface area contributed by atoms with E-state index in [2.05, 4.69) is 10.5 Å². The van der Waals surface area contributed by atoms with Gasteiger partial charge >= 0.3 is 6.18 Å². The molecule has 0 aliphatic heterocycles. The van der Waals surface area contributed by atoms with E-state index in [4.69, 9.17) is 4.74 Å². The van der Waals surface area contributed by atoms with Crippen LogP contribution < -0.4 is 10.2 Å². The Labute approximate surface area is 146 Å². The van der Waals surface area contributed by atoms with E-state index >= 15 is 0 Å². The summed E-state index contributed by atoms with van der Waals surface area (Å²) in [6.45, 7) is 0. The standard InChI is InChI=1S/C17H14F3N3O3/c1-26-14-7-4-12(5-8-14)3-2-10-21-22-15-9-6-13(17(18,19)20)11-16(15)23(24)25/h2-11,22H,1H3/b3-2+,21-10-. The third-order valence-corrected chi connectivity index (χ3v) is 3.27. The molecule has 2 aromatic rings. The fraction of sp³-hybridized carbons (Fsp3) is 0.118. The van der Waals surface area contributed by atoms with Crippen molar-refractivity contribution in [2.75, 3.05) is 12.5 Å². The van der Waals surface area contributed by atoms with Gasteiger partial charge in [-0.15, -0.1) is 0 Å². The Morgan fingerprint density at radius 3 is 2.46 bits per heavy atom. The Morgan fingerprint density at radius 1 is 1.19 bits per heavy atom. The van der Waals surface area contributed by atoms with Gasteiger partial charge in [0.2, 0.25) is 0 Å². The van der Waals surface area contributed by atoms with Crippen LogP contribution in [0.25, 0.3) is 6.08 Å². The smallest absolute Gasteiger partial charge is 0.416 e. The fourth-order valence-electron chi connectivity index (χ4n) is 1.97. The molecule has 26 heavy (non-hydrogen) atoms. The van der Waals surface area contributed by atoms with Crippen LogP contribution in [-0.2, 0) is 6.18 Å². The number of hydrogen-bond donors (Lipinski definition) is 1. The SMILES string of the molecule is COc1ccc(/C=C/C=N\Nc2ccc(C(F)(F)F)cc2[N+](=O)[O-])cc1. The van der Waals surface area contributed by atoms with Crippen molar-refractivity contribution in [3.63, 3.8) is 0 Å². The van der Waals surface area contributed by atoms with Crippen molar-refractivity contribution in [1.29, 1.82) is 0 Å². The molecule has 6 nitrogen and oxygen atoms in total.